The fourth-order valence-corrected chi connectivity index (χ4v) is 1.60. The molecule has 88 valence electrons. The van der Waals surface area contributed by atoms with Gasteiger partial charge in [0.25, 0.3) is 0 Å². The SMILES string of the molecule is CCCCCCC(C)=CCC(C)CC=O. The number of aldehydes is 1. The average Bonchev–Trinajstić information content (AvgIpc) is 2.22. The second kappa shape index (κ2) is 9.95. The second-order valence-corrected chi connectivity index (χ2v) is 4.60. The monoisotopic (exact) mass is 210 g/mol. The number of carbonyl (C=O) groups is 1. The third kappa shape index (κ3) is 9.71. The van der Waals surface area contributed by atoms with Crippen LogP contribution in [-0.2, 0) is 4.79 Å². The molecule has 0 bridgehead atoms. The van der Waals surface area contributed by atoms with Gasteiger partial charge in [0, 0.05) is 6.42 Å². The first-order valence-electron chi connectivity index (χ1n) is 6.30. The molecule has 1 atom stereocenters. The van der Waals surface area contributed by atoms with Crippen molar-refractivity contribution < 1.29 is 4.79 Å². The molecule has 0 saturated carbocycles. The highest BCUT2D eigenvalue weighted by molar-refractivity contribution is 5.49. The molecule has 0 aromatic carbocycles. The van der Waals surface area contributed by atoms with Crippen LogP contribution in [0.5, 0.6) is 0 Å². The van der Waals surface area contributed by atoms with Crippen molar-refractivity contribution in [3.05, 3.63) is 11.6 Å². The van der Waals surface area contributed by atoms with Crippen molar-refractivity contribution in [1.29, 1.82) is 0 Å². The first kappa shape index (κ1) is 14.4. The summed E-state index contributed by atoms with van der Waals surface area (Å²) < 4.78 is 0. The van der Waals surface area contributed by atoms with E-state index in [1.54, 1.807) is 0 Å². The molecule has 1 unspecified atom stereocenters. The highest BCUT2D eigenvalue weighted by Gasteiger charge is 1.98. The van der Waals surface area contributed by atoms with Crippen LogP contribution in [-0.4, -0.2) is 6.29 Å². The van der Waals surface area contributed by atoms with Gasteiger partial charge in [-0.1, -0.05) is 44.8 Å². The van der Waals surface area contributed by atoms with E-state index < -0.39 is 0 Å². The predicted molar refractivity (Wildman–Crippen MR) is 67.0 cm³/mol. The Balaban J connectivity index is 3.55. The van der Waals surface area contributed by atoms with Crippen LogP contribution < -0.4 is 0 Å². The fourth-order valence-electron chi connectivity index (χ4n) is 1.60. The lowest BCUT2D eigenvalue weighted by Gasteiger charge is -2.05. The molecule has 0 rings (SSSR count). The molecule has 0 aliphatic heterocycles. The number of hydrogen-bond acceptors (Lipinski definition) is 1. The number of allylic oxidation sites excluding steroid dienone is 2. The first-order chi connectivity index (χ1) is 7.20. The van der Waals surface area contributed by atoms with Crippen molar-refractivity contribution in [2.75, 3.05) is 0 Å². The van der Waals surface area contributed by atoms with Gasteiger partial charge in [0.05, 0.1) is 0 Å². The van der Waals surface area contributed by atoms with Gasteiger partial charge in [-0.15, -0.1) is 0 Å². The van der Waals surface area contributed by atoms with Crippen LogP contribution in [0.3, 0.4) is 0 Å². The minimum absolute atomic E-state index is 0.507. The van der Waals surface area contributed by atoms with Gasteiger partial charge in [-0.3, -0.25) is 0 Å². The van der Waals surface area contributed by atoms with Crippen molar-refractivity contribution in [3.63, 3.8) is 0 Å². The lowest BCUT2D eigenvalue weighted by atomic mass is 10.0. The van der Waals surface area contributed by atoms with E-state index in [0.29, 0.717) is 12.3 Å². The normalized spacial score (nSPS) is 13.9. The number of rotatable bonds is 9. The molecule has 15 heavy (non-hydrogen) atoms. The van der Waals surface area contributed by atoms with Gasteiger partial charge >= 0.3 is 0 Å². The highest BCUT2D eigenvalue weighted by Crippen LogP contribution is 2.13. The van der Waals surface area contributed by atoms with E-state index in [0.717, 1.165) is 12.7 Å². The zero-order valence-corrected chi connectivity index (χ0v) is 10.6. The molecule has 0 radical (unpaired) electrons. The minimum atomic E-state index is 0.507. The highest BCUT2D eigenvalue weighted by atomic mass is 16.1. The minimum Gasteiger partial charge on any atom is -0.303 e. The number of unbranched alkanes of at least 4 members (excludes halogenated alkanes) is 3. The Morgan fingerprint density at radius 1 is 1.20 bits per heavy atom. The smallest absolute Gasteiger partial charge is 0.120 e. The molecule has 0 amide bonds. The van der Waals surface area contributed by atoms with Crippen LogP contribution in [0.4, 0.5) is 0 Å². The third-order valence-electron chi connectivity index (χ3n) is 2.79. The Bertz CT molecular complexity index is 182. The Kier molecular flexibility index (Phi) is 9.55. The molecular formula is C14H26O. The summed E-state index contributed by atoms with van der Waals surface area (Å²) in [4.78, 5) is 10.3. The van der Waals surface area contributed by atoms with Gasteiger partial charge in [-0.25, -0.2) is 0 Å². The lowest BCUT2D eigenvalue weighted by Crippen LogP contribution is -1.93. The Morgan fingerprint density at radius 2 is 1.93 bits per heavy atom. The molecule has 0 aliphatic carbocycles. The molecule has 0 aliphatic rings. The van der Waals surface area contributed by atoms with Crippen LogP contribution in [0.15, 0.2) is 11.6 Å². The fraction of sp³-hybridized carbons (Fsp3) is 0.786. The van der Waals surface area contributed by atoms with Gasteiger partial charge in [-0.05, 0) is 32.1 Å². The molecule has 0 aromatic rings. The standard InChI is InChI=1S/C14H26O/c1-4-5-6-7-8-13(2)9-10-14(3)11-12-15/h9,12,14H,4-8,10-11H2,1-3H3. The zero-order chi connectivity index (χ0) is 11.5. The van der Waals surface area contributed by atoms with Crippen LogP contribution in [0.25, 0.3) is 0 Å². The lowest BCUT2D eigenvalue weighted by molar-refractivity contribution is -0.108. The van der Waals surface area contributed by atoms with E-state index in [2.05, 4.69) is 26.8 Å². The summed E-state index contributed by atoms with van der Waals surface area (Å²) >= 11 is 0. The van der Waals surface area contributed by atoms with E-state index >= 15 is 0 Å². The maximum absolute atomic E-state index is 10.3. The summed E-state index contributed by atoms with van der Waals surface area (Å²) in [7, 11) is 0. The predicted octanol–water partition coefficient (Wildman–Crippen LogP) is 4.52. The Labute approximate surface area is 95.0 Å². The van der Waals surface area contributed by atoms with Crippen LogP contribution in [0.1, 0.15) is 65.7 Å². The molecule has 1 heteroatoms. The van der Waals surface area contributed by atoms with Crippen LogP contribution in [0.2, 0.25) is 0 Å². The Morgan fingerprint density at radius 3 is 2.53 bits per heavy atom. The molecule has 0 aromatic heterocycles. The van der Waals surface area contributed by atoms with Crippen LogP contribution in [0, 0.1) is 5.92 Å². The van der Waals surface area contributed by atoms with Gasteiger partial charge in [0.1, 0.15) is 6.29 Å². The first-order valence-corrected chi connectivity index (χ1v) is 6.30. The van der Waals surface area contributed by atoms with Crippen molar-refractivity contribution in [2.24, 2.45) is 5.92 Å². The van der Waals surface area contributed by atoms with Crippen molar-refractivity contribution in [3.8, 4) is 0 Å². The molecular weight excluding hydrogens is 184 g/mol. The summed E-state index contributed by atoms with van der Waals surface area (Å²) in [5.41, 5.74) is 1.49. The van der Waals surface area contributed by atoms with Crippen molar-refractivity contribution in [1.82, 2.24) is 0 Å². The summed E-state index contributed by atoms with van der Waals surface area (Å²) in [6.45, 7) is 6.58. The van der Waals surface area contributed by atoms with Gasteiger partial charge in [0.2, 0.25) is 0 Å². The summed E-state index contributed by atoms with van der Waals surface area (Å²) in [6.07, 6.45) is 11.6. The third-order valence-corrected chi connectivity index (χ3v) is 2.79. The summed E-state index contributed by atoms with van der Waals surface area (Å²) in [6, 6.07) is 0. The molecule has 0 saturated heterocycles. The Hall–Kier alpha value is -0.590. The molecule has 0 N–H and O–H groups in total. The number of carbonyl (C=O) groups excluding carboxylic acids is 1. The molecule has 0 spiro atoms. The van der Waals surface area contributed by atoms with Gasteiger partial charge in [-0.2, -0.15) is 0 Å². The van der Waals surface area contributed by atoms with Crippen molar-refractivity contribution in [2.45, 2.75) is 65.7 Å². The van der Waals surface area contributed by atoms with E-state index in [-0.39, 0.29) is 0 Å². The van der Waals surface area contributed by atoms with E-state index in [1.807, 2.05) is 0 Å². The molecule has 1 nitrogen and oxygen atoms in total. The topological polar surface area (TPSA) is 17.1 Å². The zero-order valence-electron chi connectivity index (χ0n) is 10.6. The van der Waals surface area contributed by atoms with Gasteiger partial charge < -0.3 is 4.79 Å². The number of hydrogen-bond donors (Lipinski definition) is 0. The molecule has 0 fully saturated rings. The average molecular weight is 210 g/mol. The van der Waals surface area contributed by atoms with Gasteiger partial charge in [0.15, 0.2) is 0 Å². The summed E-state index contributed by atoms with van der Waals surface area (Å²) in [5.74, 6) is 0.507. The van der Waals surface area contributed by atoms with E-state index in [4.69, 9.17) is 0 Å². The maximum Gasteiger partial charge on any atom is 0.120 e. The quantitative estimate of drug-likeness (QED) is 0.311. The second-order valence-electron chi connectivity index (χ2n) is 4.60. The van der Waals surface area contributed by atoms with E-state index in [9.17, 15) is 4.79 Å². The van der Waals surface area contributed by atoms with Crippen molar-refractivity contribution >= 4 is 6.29 Å². The summed E-state index contributed by atoms with van der Waals surface area (Å²) in [5, 5.41) is 0. The van der Waals surface area contributed by atoms with Crippen LogP contribution >= 0.6 is 0 Å². The maximum atomic E-state index is 10.3. The molecule has 0 heterocycles. The van der Waals surface area contributed by atoms with E-state index in [1.165, 1.54) is 37.7 Å². The largest absolute Gasteiger partial charge is 0.303 e.